The molecule has 0 heterocycles. The number of halogens is 2. The van der Waals surface area contributed by atoms with E-state index in [-0.39, 0.29) is 11.7 Å². The molecule has 0 amide bonds. The van der Waals surface area contributed by atoms with Gasteiger partial charge in [-0.05, 0) is 37.6 Å². The van der Waals surface area contributed by atoms with Crippen LogP contribution in [0.15, 0.2) is 42.5 Å². The predicted octanol–water partition coefficient (Wildman–Crippen LogP) is 4.07. The highest BCUT2D eigenvalue weighted by atomic mass is 35.5. The third-order valence-corrected chi connectivity index (χ3v) is 3.70. The summed E-state index contributed by atoms with van der Waals surface area (Å²) in [6, 6.07) is 12.9. The van der Waals surface area contributed by atoms with Crippen LogP contribution < -0.4 is 5.73 Å². The molecule has 0 bridgehead atoms. The molecule has 2 aromatic rings. The van der Waals surface area contributed by atoms with Crippen LogP contribution in [0.5, 0.6) is 0 Å². The first-order valence-corrected chi connectivity index (χ1v) is 6.69. The summed E-state index contributed by atoms with van der Waals surface area (Å²) in [5.41, 5.74) is 8.68. The Morgan fingerprint density at radius 3 is 2.42 bits per heavy atom. The minimum Gasteiger partial charge on any atom is -0.330 e. The average Bonchev–Trinajstić information content (AvgIpc) is 2.40. The van der Waals surface area contributed by atoms with Crippen LogP contribution in [0.25, 0.3) is 0 Å². The molecule has 100 valence electrons. The van der Waals surface area contributed by atoms with Gasteiger partial charge in [-0.25, -0.2) is 4.39 Å². The molecule has 2 N–H and O–H groups in total. The number of rotatable bonds is 4. The smallest absolute Gasteiger partial charge is 0.127 e. The molecule has 2 aromatic carbocycles. The van der Waals surface area contributed by atoms with Crippen LogP contribution >= 0.6 is 11.6 Å². The average molecular weight is 278 g/mol. The lowest BCUT2D eigenvalue weighted by Crippen LogP contribution is -2.16. The van der Waals surface area contributed by atoms with Crippen molar-refractivity contribution in [2.45, 2.75) is 19.3 Å². The van der Waals surface area contributed by atoms with Gasteiger partial charge in [0.25, 0.3) is 0 Å². The van der Waals surface area contributed by atoms with Gasteiger partial charge in [-0.3, -0.25) is 0 Å². The summed E-state index contributed by atoms with van der Waals surface area (Å²) >= 11 is 6.06. The Hall–Kier alpha value is -1.38. The van der Waals surface area contributed by atoms with Crippen LogP contribution in [0.4, 0.5) is 4.39 Å². The second-order valence-electron chi connectivity index (χ2n) is 4.75. The second-order valence-corrected chi connectivity index (χ2v) is 5.15. The maximum atomic E-state index is 13.8. The fourth-order valence-electron chi connectivity index (χ4n) is 2.15. The predicted molar refractivity (Wildman–Crippen MR) is 78.1 cm³/mol. The maximum Gasteiger partial charge on any atom is 0.127 e. The summed E-state index contributed by atoms with van der Waals surface area (Å²) in [6.07, 6.45) is 0.519. The molecule has 0 aliphatic heterocycles. The van der Waals surface area contributed by atoms with Crippen molar-refractivity contribution in [3.8, 4) is 0 Å². The fourth-order valence-corrected chi connectivity index (χ4v) is 2.39. The lowest BCUT2D eigenvalue weighted by atomic mass is 9.91. The van der Waals surface area contributed by atoms with E-state index in [1.165, 1.54) is 11.6 Å². The van der Waals surface area contributed by atoms with E-state index in [0.29, 0.717) is 23.6 Å². The van der Waals surface area contributed by atoms with E-state index < -0.39 is 0 Å². The van der Waals surface area contributed by atoms with Crippen LogP contribution in [0.1, 0.15) is 22.6 Å². The van der Waals surface area contributed by atoms with E-state index in [9.17, 15) is 4.39 Å². The van der Waals surface area contributed by atoms with Crippen molar-refractivity contribution in [3.63, 3.8) is 0 Å². The minimum atomic E-state index is -0.266. The van der Waals surface area contributed by atoms with Crippen molar-refractivity contribution >= 4 is 11.6 Å². The molecular formula is C16H17ClFN. The Balaban J connectivity index is 2.26. The number of aryl methyl sites for hydroxylation is 1. The summed E-state index contributed by atoms with van der Waals surface area (Å²) in [6.45, 7) is 2.50. The van der Waals surface area contributed by atoms with Crippen LogP contribution in [-0.4, -0.2) is 6.54 Å². The molecule has 0 radical (unpaired) electrons. The molecule has 0 aromatic heterocycles. The molecule has 3 heteroatoms. The number of benzene rings is 2. The van der Waals surface area contributed by atoms with E-state index in [1.807, 2.05) is 31.2 Å². The third kappa shape index (κ3) is 3.34. The van der Waals surface area contributed by atoms with Gasteiger partial charge < -0.3 is 5.73 Å². The van der Waals surface area contributed by atoms with Gasteiger partial charge in [0, 0.05) is 16.5 Å². The molecule has 1 unspecified atom stereocenters. The van der Waals surface area contributed by atoms with E-state index in [0.717, 1.165) is 5.56 Å². The first kappa shape index (κ1) is 14.0. The van der Waals surface area contributed by atoms with Gasteiger partial charge in [0.1, 0.15) is 5.82 Å². The number of nitrogens with two attached hydrogens (primary N) is 1. The zero-order valence-electron chi connectivity index (χ0n) is 10.9. The molecule has 0 fully saturated rings. The zero-order chi connectivity index (χ0) is 13.8. The van der Waals surface area contributed by atoms with E-state index >= 15 is 0 Å². The summed E-state index contributed by atoms with van der Waals surface area (Å²) in [7, 11) is 0. The second kappa shape index (κ2) is 6.18. The Kier molecular flexibility index (Phi) is 4.56. The molecule has 0 aliphatic carbocycles. The molecule has 0 saturated heterocycles. The highest BCUT2D eigenvalue weighted by Gasteiger charge is 2.15. The van der Waals surface area contributed by atoms with Crippen LogP contribution in [0, 0.1) is 12.7 Å². The lowest BCUT2D eigenvalue weighted by Gasteiger charge is -2.17. The van der Waals surface area contributed by atoms with Crippen LogP contribution in [0.3, 0.4) is 0 Å². The van der Waals surface area contributed by atoms with Crippen LogP contribution in [0.2, 0.25) is 5.02 Å². The molecule has 2 rings (SSSR count). The SMILES string of the molecule is Cc1ccc(C(CN)Cc2c(F)cccc2Cl)cc1. The molecular weight excluding hydrogens is 261 g/mol. The van der Waals surface area contributed by atoms with Crippen molar-refractivity contribution in [2.24, 2.45) is 5.73 Å². The van der Waals surface area contributed by atoms with Crippen molar-refractivity contribution in [2.75, 3.05) is 6.54 Å². The zero-order valence-corrected chi connectivity index (χ0v) is 11.6. The summed E-state index contributed by atoms with van der Waals surface area (Å²) in [5.74, 6) is -0.187. The fraction of sp³-hybridized carbons (Fsp3) is 0.250. The van der Waals surface area contributed by atoms with Crippen molar-refractivity contribution in [1.29, 1.82) is 0 Å². The number of hydrogen-bond donors (Lipinski definition) is 1. The van der Waals surface area contributed by atoms with Crippen molar-refractivity contribution in [3.05, 3.63) is 70.0 Å². The minimum absolute atomic E-state index is 0.0787. The van der Waals surface area contributed by atoms with E-state index in [1.54, 1.807) is 12.1 Å². The molecule has 0 aliphatic rings. The quantitative estimate of drug-likeness (QED) is 0.896. The van der Waals surface area contributed by atoms with E-state index in [4.69, 9.17) is 17.3 Å². The Morgan fingerprint density at radius 1 is 1.16 bits per heavy atom. The standard InChI is InChI=1S/C16H17ClFN/c1-11-5-7-12(8-6-11)13(10-19)9-14-15(17)3-2-4-16(14)18/h2-8,13H,9-10,19H2,1H3. The first-order valence-electron chi connectivity index (χ1n) is 6.31. The lowest BCUT2D eigenvalue weighted by molar-refractivity contribution is 0.590. The van der Waals surface area contributed by atoms with Gasteiger partial charge in [0.05, 0.1) is 0 Å². The van der Waals surface area contributed by atoms with E-state index in [2.05, 4.69) is 0 Å². The molecule has 0 spiro atoms. The summed E-state index contributed by atoms with van der Waals surface area (Å²) in [5, 5.41) is 0.463. The van der Waals surface area contributed by atoms with Gasteiger partial charge in [-0.2, -0.15) is 0 Å². The number of hydrogen-bond acceptors (Lipinski definition) is 1. The Bertz CT molecular complexity index is 531. The van der Waals surface area contributed by atoms with Gasteiger partial charge in [-0.1, -0.05) is 47.5 Å². The third-order valence-electron chi connectivity index (χ3n) is 3.35. The molecule has 1 nitrogen and oxygen atoms in total. The van der Waals surface area contributed by atoms with Crippen molar-refractivity contribution < 1.29 is 4.39 Å². The molecule has 0 saturated carbocycles. The molecule has 19 heavy (non-hydrogen) atoms. The highest BCUT2D eigenvalue weighted by molar-refractivity contribution is 6.31. The van der Waals surface area contributed by atoms with Crippen LogP contribution in [-0.2, 0) is 6.42 Å². The summed E-state index contributed by atoms with van der Waals surface area (Å²) in [4.78, 5) is 0. The van der Waals surface area contributed by atoms with Gasteiger partial charge in [0.15, 0.2) is 0 Å². The first-order chi connectivity index (χ1) is 9.11. The summed E-state index contributed by atoms with van der Waals surface area (Å²) < 4.78 is 13.8. The van der Waals surface area contributed by atoms with Gasteiger partial charge in [0.2, 0.25) is 0 Å². The van der Waals surface area contributed by atoms with Gasteiger partial charge >= 0.3 is 0 Å². The highest BCUT2D eigenvalue weighted by Crippen LogP contribution is 2.26. The van der Waals surface area contributed by atoms with Gasteiger partial charge in [-0.15, -0.1) is 0 Å². The largest absolute Gasteiger partial charge is 0.330 e. The monoisotopic (exact) mass is 277 g/mol. The molecule has 1 atom stereocenters. The Labute approximate surface area is 118 Å². The topological polar surface area (TPSA) is 26.0 Å². The Morgan fingerprint density at radius 2 is 1.84 bits per heavy atom. The normalized spacial score (nSPS) is 12.4. The van der Waals surface area contributed by atoms with Crippen molar-refractivity contribution in [1.82, 2.24) is 0 Å². The maximum absolute atomic E-state index is 13.8.